The van der Waals surface area contributed by atoms with Crippen molar-refractivity contribution in [1.82, 2.24) is 14.8 Å². The third-order valence-electron chi connectivity index (χ3n) is 6.61. The maximum absolute atomic E-state index is 16.3. The molecule has 10 nitrogen and oxygen atoms in total. The molecular formula is C28H30ClF3N4O6SSi. The number of ether oxygens (including phenoxy) is 3. The molecule has 236 valence electrons. The number of esters is 1. The van der Waals surface area contributed by atoms with Crippen molar-refractivity contribution in [3.05, 3.63) is 64.2 Å². The average molecular weight is 671 g/mol. The predicted molar refractivity (Wildman–Crippen MR) is 162 cm³/mol. The number of rotatable bonds is 11. The van der Waals surface area contributed by atoms with Crippen molar-refractivity contribution in [2.45, 2.75) is 44.2 Å². The molecule has 2 aromatic heterocycles. The maximum Gasteiger partial charge on any atom is 0.359 e. The molecule has 16 heteroatoms. The minimum atomic E-state index is -4.56. The van der Waals surface area contributed by atoms with Gasteiger partial charge >= 0.3 is 5.97 Å². The van der Waals surface area contributed by atoms with Gasteiger partial charge in [0.15, 0.2) is 22.2 Å². The summed E-state index contributed by atoms with van der Waals surface area (Å²) in [4.78, 5) is 15.8. The Hall–Kier alpha value is -3.66. The van der Waals surface area contributed by atoms with Crippen molar-refractivity contribution in [1.29, 1.82) is 0 Å². The van der Waals surface area contributed by atoms with Crippen LogP contribution >= 0.6 is 11.6 Å². The Morgan fingerprint density at radius 3 is 2.45 bits per heavy atom. The molecule has 0 amide bonds. The van der Waals surface area contributed by atoms with Gasteiger partial charge in [-0.1, -0.05) is 31.2 Å². The molecule has 0 saturated carbocycles. The van der Waals surface area contributed by atoms with E-state index in [0.717, 1.165) is 48.3 Å². The lowest BCUT2D eigenvalue weighted by Crippen LogP contribution is -2.22. The average Bonchev–Trinajstić information content (AvgIpc) is 3.34. The molecule has 2 aromatic carbocycles. The summed E-state index contributed by atoms with van der Waals surface area (Å²) in [5, 5.41) is 4.24. The summed E-state index contributed by atoms with van der Waals surface area (Å²) in [6.07, 6.45) is 1.16. The molecule has 1 N–H and O–H groups in total. The van der Waals surface area contributed by atoms with Crippen LogP contribution < -0.4 is 9.46 Å². The van der Waals surface area contributed by atoms with Gasteiger partial charge in [0.1, 0.15) is 18.1 Å². The predicted octanol–water partition coefficient (Wildman–Crippen LogP) is 6.39. The van der Waals surface area contributed by atoms with Crippen LogP contribution in [0, 0.1) is 24.4 Å². The first-order valence-corrected chi connectivity index (χ1v) is 18.7. The zero-order valence-corrected chi connectivity index (χ0v) is 27.3. The lowest BCUT2D eigenvalue weighted by molar-refractivity contribution is 0.0585. The van der Waals surface area contributed by atoms with Crippen LogP contribution in [0.15, 0.2) is 35.4 Å². The Balaban J connectivity index is 1.85. The number of hydrogen-bond donors (Lipinski definition) is 1. The smallest absolute Gasteiger partial charge is 0.359 e. The molecule has 0 bridgehead atoms. The van der Waals surface area contributed by atoms with E-state index in [2.05, 4.69) is 29.7 Å². The highest BCUT2D eigenvalue weighted by Crippen LogP contribution is 2.38. The third-order valence-corrected chi connectivity index (χ3v) is 9.88. The van der Waals surface area contributed by atoms with Gasteiger partial charge in [0, 0.05) is 31.8 Å². The minimum absolute atomic E-state index is 0.0373. The van der Waals surface area contributed by atoms with E-state index >= 15 is 13.2 Å². The number of anilines is 1. The van der Waals surface area contributed by atoms with Gasteiger partial charge in [-0.15, -0.1) is 0 Å². The number of fused-ring (bicyclic) bond motifs is 1. The van der Waals surface area contributed by atoms with Gasteiger partial charge in [0.2, 0.25) is 5.88 Å². The van der Waals surface area contributed by atoms with Crippen LogP contribution in [0.4, 0.5) is 18.9 Å². The number of sulfonamides is 1. The molecule has 0 aliphatic heterocycles. The molecule has 0 atom stereocenters. The zero-order chi connectivity index (χ0) is 32.6. The first kappa shape index (κ1) is 33.2. The Morgan fingerprint density at radius 1 is 1.11 bits per heavy atom. The van der Waals surface area contributed by atoms with E-state index in [1.54, 1.807) is 0 Å². The van der Waals surface area contributed by atoms with Gasteiger partial charge in [-0.2, -0.15) is 5.10 Å². The standard InChI is InChI=1S/C28H30ClF3N4O6SSi/c1-15-11-17(23(31)26-21(15)25(28(37)41-3)34-36(26)14-42-9-10-44(4,5)6)22-18(30)7-8-19(24(22)32)35-43(38,39)20-12-16(29)13-33-27(20)40-2/h7-8,11-13,35H,9-10,14H2,1-6H3. The van der Waals surface area contributed by atoms with Crippen LogP contribution in [0.25, 0.3) is 22.0 Å². The third kappa shape index (κ3) is 6.70. The zero-order valence-electron chi connectivity index (χ0n) is 24.7. The largest absolute Gasteiger partial charge is 0.480 e. The number of methoxy groups -OCH3 is 2. The van der Waals surface area contributed by atoms with Gasteiger partial charge < -0.3 is 14.2 Å². The number of benzene rings is 2. The number of pyridine rings is 1. The number of halogens is 4. The van der Waals surface area contributed by atoms with Gasteiger partial charge in [0.25, 0.3) is 10.0 Å². The van der Waals surface area contributed by atoms with Crippen LogP contribution in [0.5, 0.6) is 5.88 Å². The summed E-state index contributed by atoms with van der Waals surface area (Å²) >= 11 is 5.90. The van der Waals surface area contributed by atoms with Gasteiger partial charge in [-0.25, -0.2) is 36.0 Å². The Morgan fingerprint density at radius 2 is 1.82 bits per heavy atom. The molecule has 0 aliphatic rings. The van der Waals surface area contributed by atoms with Crippen LogP contribution in [0.1, 0.15) is 16.1 Å². The van der Waals surface area contributed by atoms with E-state index in [0.29, 0.717) is 6.61 Å². The van der Waals surface area contributed by atoms with Crippen LogP contribution in [-0.2, 0) is 26.2 Å². The highest BCUT2D eigenvalue weighted by atomic mass is 35.5. The summed E-state index contributed by atoms with van der Waals surface area (Å²) in [5.41, 5.74) is -2.26. The molecule has 4 rings (SSSR count). The molecule has 0 spiro atoms. The topological polar surface area (TPSA) is 122 Å². The fourth-order valence-corrected chi connectivity index (χ4v) is 6.60. The van der Waals surface area contributed by atoms with E-state index in [1.165, 1.54) is 14.0 Å². The van der Waals surface area contributed by atoms with E-state index in [1.807, 2.05) is 4.72 Å². The molecule has 0 radical (unpaired) electrons. The summed E-state index contributed by atoms with van der Waals surface area (Å²) < 4.78 is 92.5. The van der Waals surface area contributed by atoms with E-state index < -0.39 is 63.2 Å². The summed E-state index contributed by atoms with van der Waals surface area (Å²) in [7, 11) is -3.70. The number of nitrogens with one attached hydrogen (secondary N) is 1. The maximum atomic E-state index is 16.3. The molecule has 0 saturated heterocycles. The molecule has 2 heterocycles. The van der Waals surface area contributed by atoms with Crippen molar-refractivity contribution < 1.29 is 40.6 Å². The first-order chi connectivity index (χ1) is 20.6. The lowest BCUT2D eigenvalue weighted by Gasteiger charge is -2.16. The van der Waals surface area contributed by atoms with Gasteiger partial charge in [-0.3, -0.25) is 4.72 Å². The number of carbonyl (C=O) groups excluding carboxylic acids is 1. The van der Waals surface area contributed by atoms with Gasteiger partial charge in [-0.05, 0) is 42.8 Å². The quantitative estimate of drug-likeness (QED) is 0.111. The van der Waals surface area contributed by atoms with Gasteiger partial charge in [0.05, 0.1) is 30.5 Å². The minimum Gasteiger partial charge on any atom is -0.480 e. The second-order valence-corrected chi connectivity index (χ2v) is 18.7. The van der Waals surface area contributed by atoms with Crippen LogP contribution in [0.2, 0.25) is 30.7 Å². The number of aromatic nitrogens is 3. The van der Waals surface area contributed by atoms with Crippen molar-refractivity contribution in [3.8, 4) is 17.0 Å². The summed E-state index contributed by atoms with van der Waals surface area (Å²) in [6, 6.07) is 4.64. The van der Waals surface area contributed by atoms with Crippen molar-refractivity contribution in [2.75, 3.05) is 25.5 Å². The highest BCUT2D eigenvalue weighted by molar-refractivity contribution is 7.92. The lowest BCUT2D eigenvalue weighted by atomic mass is 9.97. The Kier molecular flexibility index (Phi) is 9.63. The number of nitrogens with zero attached hydrogens (tertiary/aromatic N) is 3. The van der Waals surface area contributed by atoms with Crippen LogP contribution in [-0.4, -0.2) is 58.1 Å². The van der Waals surface area contributed by atoms with Crippen molar-refractivity contribution in [2.24, 2.45) is 0 Å². The Bertz CT molecular complexity index is 1860. The van der Waals surface area contributed by atoms with Crippen LogP contribution in [0.3, 0.4) is 0 Å². The Labute approximate surface area is 258 Å². The second-order valence-electron chi connectivity index (χ2n) is 11.0. The summed E-state index contributed by atoms with van der Waals surface area (Å²) in [6.45, 7) is 8.08. The number of aryl methyl sites for hydroxylation is 1. The number of carbonyl (C=O) groups is 1. The van der Waals surface area contributed by atoms with E-state index in [9.17, 15) is 13.2 Å². The fraction of sp³-hybridized carbons (Fsp3) is 0.321. The number of hydrogen-bond acceptors (Lipinski definition) is 8. The van der Waals surface area contributed by atoms with Crippen molar-refractivity contribution in [3.63, 3.8) is 0 Å². The SMILES string of the molecule is COC(=O)c1nn(COCC[Si](C)(C)C)c2c(F)c(-c3c(F)ccc(NS(=O)(=O)c4cc(Cl)cnc4OC)c3F)cc(C)c12. The normalized spacial score (nSPS) is 12.0. The first-order valence-electron chi connectivity index (χ1n) is 13.2. The summed E-state index contributed by atoms with van der Waals surface area (Å²) in [5.74, 6) is -4.84. The van der Waals surface area contributed by atoms with E-state index in [-0.39, 0.29) is 39.8 Å². The molecule has 0 unspecified atom stereocenters. The monoisotopic (exact) mass is 670 g/mol. The van der Waals surface area contributed by atoms with E-state index in [4.69, 9.17) is 25.8 Å². The highest BCUT2D eigenvalue weighted by Gasteiger charge is 2.29. The molecule has 0 fully saturated rings. The van der Waals surface area contributed by atoms with Crippen molar-refractivity contribution >= 4 is 52.3 Å². The molecule has 4 aromatic rings. The fourth-order valence-electron chi connectivity index (χ4n) is 4.41. The molecular weight excluding hydrogens is 641 g/mol. The molecule has 0 aliphatic carbocycles. The second kappa shape index (κ2) is 12.8. The molecule has 44 heavy (non-hydrogen) atoms.